The van der Waals surface area contributed by atoms with E-state index in [9.17, 15) is 9.18 Å². The predicted molar refractivity (Wildman–Crippen MR) is 64.7 cm³/mol. The number of aromatic nitrogens is 3. The van der Waals surface area contributed by atoms with Gasteiger partial charge in [-0.15, -0.1) is 0 Å². The van der Waals surface area contributed by atoms with Crippen LogP contribution in [0.3, 0.4) is 0 Å². The number of hydrogen-bond acceptors (Lipinski definition) is 4. The molecule has 5 nitrogen and oxygen atoms in total. The van der Waals surface area contributed by atoms with E-state index in [-0.39, 0.29) is 22.6 Å². The lowest BCUT2D eigenvalue weighted by atomic mass is 10.4. The van der Waals surface area contributed by atoms with E-state index in [1.165, 1.54) is 23.0 Å². The number of ether oxygens (including phenoxy) is 1. The second kappa shape index (κ2) is 5.09. The Labute approximate surface area is 107 Å². The molecule has 0 atom stereocenters. The van der Waals surface area contributed by atoms with Crippen LogP contribution in [0, 0.1) is 10.6 Å². The summed E-state index contributed by atoms with van der Waals surface area (Å²) in [7, 11) is 0. The molecule has 0 fully saturated rings. The molecule has 94 valence electrons. The Hall–Kier alpha value is -2.02. The molecular weight excluding hydrogens is 257 g/mol. The van der Waals surface area contributed by atoms with Gasteiger partial charge in [-0.3, -0.25) is 5.10 Å². The maximum absolute atomic E-state index is 13.0. The van der Waals surface area contributed by atoms with E-state index in [0.717, 1.165) is 0 Å². The zero-order valence-electron chi connectivity index (χ0n) is 9.51. The lowest BCUT2D eigenvalue weighted by molar-refractivity contribution is 0.0525. The van der Waals surface area contributed by atoms with E-state index in [4.69, 9.17) is 17.0 Å². The van der Waals surface area contributed by atoms with Crippen LogP contribution in [0.5, 0.6) is 0 Å². The molecule has 0 saturated heterocycles. The van der Waals surface area contributed by atoms with Crippen LogP contribution >= 0.6 is 12.2 Å². The molecule has 18 heavy (non-hydrogen) atoms. The molecule has 0 aliphatic heterocycles. The minimum atomic E-state index is -0.623. The molecule has 0 amide bonds. The Morgan fingerprint density at radius 3 is 3.06 bits per heavy atom. The fourth-order valence-electron chi connectivity index (χ4n) is 1.42. The van der Waals surface area contributed by atoms with Gasteiger partial charge in [0.25, 0.3) is 0 Å². The standard InChI is InChI=1S/C11H10FN3O2S/c1-2-17-11(16)7-6-13-15(10(7)18)9-5-3-4-8(12)14-9/h3-6,13H,2H2,1H3. The summed E-state index contributed by atoms with van der Waals surface area (Å²) in [6.45, 7) is 1.97. The van der Waals surface area contributed by atoms with E-state index in [2.05, 4.69) is 10.1 Å². The first-order chi connectivity index (χ1) is 8.63. The predicted octanol–water partition coefficient (Wildman–Crippen LogP) is 2.25. The van der Waals surface area contributed by atoms with Crippen LogP contribution < -0.4 is 0 Å². The van der Waals surface area contributed by atoms with Crippen molar-refractivity contribution >= 4 is 18.2 Å². The molecule has 7 heteroatoms. The van der Waals surface area contributed by atoms with Crippen LogP contribution in [0.25, 0.3) is 5.82 Å². The first kappa shape index (κ1) is 12.4. The number of hydrogen-bond donors (Lipinski definition) is 1. The Bertz CT molecular complexity index is 635. The highest BCUT2D eigenvalue weighted by Crippen LogP contribution is 2.10. The van der Waals surface area contributed by atoms with E-state index in [0.29, 0.717) is 0 Å². The van der Waals surface area contributed by atoms with Gasteiger partial charge in [0.2, 0.25) is 5.95 Å². The number of carbonyl (C=O) groups is 1. The van der Waals surface area contributed by atoms with Crippen molar-refractivity contribution in [2.75, 3.05) is 6.61 Å². The number of pyridine rings is 1. The van der Waals surface area contributed by atoms with Crippen LogP contribution in [0.2, 0.25) is 0 Å². The van der Waals surface area contributed by atoms with Gasteiger partial charge in [-0.2, -0.15) is 4.39 Å². The minimum absolute atomic E-state index is 0.201. The summed E-state index contributed by atoms with van der Waals surface area (Å²) in [5, 5.41) is 2.74. The zero-order valence-corrected chi connectivity index (χ0v) is 10.3. The Morgan fingerprint density at radius 2 is 2.39 bits per heavy atom. The SMILES string of the molecule is CCOC(=O)c1c[nH]n(-c2cccc(F)n2)c1=S. The summed E-state index contributed by atoms with van der Waals surface area (Å²) in [6.07, 6.45) is 1.41. The van der Waals surface area contributed by atoms with Crippen LogP contribution in [-0.2, 0) is 4.74 Å². The zero-order chi connectivity index (χ0) is 13.1. The second-order valence-corrected chi connectivity index (χ2v) is 3.75. The monoisotopic (exact) mass is 267 g/mol. The van der Waals surface area contributed by atoms with Gasteiger partial charge >= 0.3 is 5.97 Å². The van der Waals surface area contributed by atoms with Crippen LogP contribution in [-0.4, -0.2) is 27.3 Å². The third-order valence-electron chi connectivity index (χ3n) is 2.20. The van der Waals surface area contributed by atoms with Crippen molar-refractivity contribution in [3.63, 3.8) is 0 Å². The number of halogens is 1. The molecule has 2 aromatic rings. The Balaban J connectivity index is 2.43. The molecule has 2 aromatic heterocycles. The third-order valence-corrected chi connectivity index (χ3v) is 2.60. The van der Waals surface area contributed by atoms with Crippen molar-refractivity contribution in [3.8, 4) is 5.82 Å². The minimum Gasteiger partial charge on any atom is -0.462 e. The number of esters is 1. The van der Waals surface area contributed by atoms with Gasteiger partial charge in [0, 0.05) is 6.20 Å². The van der Waals surface area contributed by atoms with Crippen LogP contribution in [0.4, 0.5) is 4.39 Å². The van der Waals surface area contributed by atoms with Crippen molar-refractivity contribution in [2.45, 2.75) is 6.92 Å². The molecule has 0 aliphatic rings. The molecule has 0 saturated carbocycles. The molecular formula is C11H10FN3O2S. The highest BCUT2D eigenvalue weighted by molar-refractivity contribution is 7.71. The van der Waals surface area contributed by atoms with Gasteiger partial charge in [-0.05, 0) is 19.1 Å². The highest BCUT2D eigenvalue weighted by Gasteiger charge is 2.14. The highest BCUT2D eigenvalue weighted by atomic mass is 32.1. The van der Waals surface area contributed by atoms with E-state index in [1.54, 1.807) is 13.0 Å². The summed E-state index contributed by atoms with van der Waals surface area (Å²) in [4.78, 5) is 15.2. The number of nitrogens with one attached hydrogen (secondary N) is 1. The van der Waals surface area contributed by atoms with Crippen molar-refractivity contribution in [1.82, 2.24) is 14.8 Å². The summed E-state index contributed by atoms with van der Waals surface area (Å²) >= 11 is 5.11. The summed E-state index contributed by atoms with van der Waals surface area (Å²) in [5.74, 6) is -0.869. The van der Waals surface area contributed by atoms with Crippen molar-refractivity contribution in [2.24, 2.45) is 0 Å². The average Bonchev–Trinajstić information content (AvgIpc) is 2.71. The largest absolute Gasteiger partial charge is 0.462 e. The lowest BCUT2D eigenvalue weighted by Crippen LogP contribution is -2.05. The number of rotatable bonds is 3. The maximum Gasteiger partial charge on any atom is 0.342 e. The fraction of sp³-hybridized carbons (Fsp3) is 0.182. The third kappa shape index (κ3) is 2.30. The van der Waals surface area contributed by atoms with E-state index < -0.39 is 11.9 Å². The van der Waals surface area contributed by atoms with Crippen LogP contribution in [0.1, 0.15) is 17.3 Å². The average molecular weight is 267 g/mol. The lowest BCUT2D eigenvalue weighted by Gasteiger charge is -2.01. The normalized spacial score (nSPS) is 10.3. The molecule has 0 radical (unpaired) electrons. The van der Waals surface area contributed by atoms with Crippen molar-refractivity contribution in [3.05, 3.63) is 40.5 Å². The van der Waals surface area contributed by atoms with E-state index in [1.807, 2.05) is 0 Å². The van der Waals surface area contributed by atoms with E-state index >= 15 is 0 Å². The molecule has 0 unspecified atom stereocenters. The summed E-state index contributed by atoms with van der Waals surface area (Å²) in [6, 6.07) is 4.30. The number of carbonyl (C=O) groups excluding carboxylic acids is 1. The van der Waals surface area contributed by atoms with Gasteiger partial charge in [0.1, 0.15) is 10.2 Å². The molecule has 1 N–H and O–H groups in total. The molecule has 2 rings (SSSR count). The van der Waals surface area contributed by atoms with Gasteiger partial charge in [0.15, 0.2) is 5.82 Å². The van der Waals surface area contributed by atoms with Gasteiger partial charge in [0.05, 0.1) is 6.61 Å². The number of nitrogens with zero attached hydrogens (tertiary/aromatic N) is 2. The quantitative estimate of drug-likeness (QED) is 0.526. The molecule has 0 bridgehead atoms. The van der Waals surface area contributed by atoms with Gasteiger partial charge in [-0.1, -0.05) is 18.3 Å². The summed E-state index contributed by atoms with van der Waals surface area (Å²) in [5.41, 5.74) is 0.220. The first-order valence-corrected chi connectivity index (χ1v) is 5.64. The molecule has 2 heterocycles. The van der Waals surface area contributed by atoms with Crippen LogP contribution in [0.15, 0.2) is 24.4 Å². The smallest absolute Gasteiger partial charge is 0.342 e. The fourth-order valence-corrected chi connectivity index (χ4v) is 1.71. The van der Waals surface area contributed by atoms with Gasteiger partial charge < -0.3 is 4.74 Å². The second-order valence-electron chi connectivity index (χ2n) is 3.37. The molecule has 0 aromatic carbocycles. The molecule has 0 aliphatic carbocycles. The first-order valence-electron chi connectivity index (χ1n) is 5.24. The Kier molecular flexibility index (Phi) is 3.52. The van der Waals surface area contributed by atoms with Gasteiger partial charge in [-0.25, -0.2) is 14.5 Å². The number of H-pyrrole nitrogens is 1. The maximum atomic E-state index is 13.0. The topological polar surface area (TPSA) is 59.9 Å². The molecule has 0 spiro atoms. The number of aromatic amines is 1. The van der Waals surface area contributed by atoms with Crippen molar-refractivity contribution in [1.29, 1.82) is 0 Å². The Morgan fingerprint density at radius 1 is 1.61 bits per heavy atom. The van der Waals surface area contributed by atoms with Crippen molar-refractivity contribution < 1.29 is 13.9 Å². The summed E-state index contributed by atoms with van der Waals surface area (Å²) < 4.78 is 19.4.